The Kier molecular flexibility index (Phi) is 3.85. The van der Waals surface area contributed by atoms with Crippen molar-refractivity contribution < 1.29 is 5.11 Å². The van der Waals surface area contributed by atoms with Gasteiger partial charge < -0.3 is 10.8 Å². The molecular weight excluding hydrogens is 210 g/mol. The van der Waals surface area contributed by atoms with Crippen molar-refractivity contribution >= 4 is 0 Å². The molecular formula is C15H23NO. The van der Waals surface area contributed by atoms with E-state index in [1.165, 1.54) is 24.0 Å². The molecule has 0 heterocycles. The van der Waals surface area contributed by atoms with Crippen LogP contribution in [0.1, 0.15) is 36.8 Å². The summed E-state index contributed by atoms with van der Waals surface area (Å²) in [5.74, 6) is 1.15. The number of rotatable bonds is 5. The second-order valence-corrected chi connectivity index (χ2v) is 5.39. The molecule has 3 unspecified atom stereocenters. The molecule has 0 bridgehead atoms. The van der Waals surface area contributed by atoms with Crippen molar-refractivity contribution in [3.63, 3.8) is 0 Å². The summed E-state index contributed by atoms with van der Waals surface area (Å²) >= 11 is 0. The number of aliphatic hydroxyl groups excluding tert-OH is 1. The highest BCUT2D eigenvalue weighted by atomic mass is 16.3. The Morgan fingerprint density at radius 1 is 1.35 bits per heavy atom. The number of aryl methyl sites for hydroxylation is 1. The average molecular weight is 233 g/mol. The Bertz CT molecular complexity index is 373. The fourth-order valence-corrected chi connectivity index (χ4v) is 2.72. The van der Waals surface area contributed by atoms with Gasteiger partial charge in [0.05, 0.1) is 6.10 Å². The first-order chi connectivity index (χ1) is 8.15. The summed E-state index contributed by atoms with van der Waals surface area (Å²) in [6.07, 6.45) is 2.22. The molecule has 1 aliphatic carbocycles. The molecule has 2 nitrogen and oxygen atoms in total. The van der Waals surface area contributed by atoms with E-state index in [-0.39, 0.29) is 12.0 Å². The minimum atomic E-state index is -0.311. The summed E-state index contributed by atoms with van der Waals surface area (Å²) in [7, 11) is 0. The molecule has 0 radical (unpaired) electrons. The Morgan fingerprint density at radius 2 is 2.00 bits per heavy atom. The van der Waals surface area contributed by atoms with E-state index < -0.39 is 0 Å². The van der Waals surface area contributed by atoms with Crippen LogP contribution in [0, 0.1) is 18.8 Å². The Hall–Kier alpha value is -0.860. The number of nitrogens with two attached hydrogens (primary N) is 1. The summed E-state index contributed by atoms with van der Waals surface area (Å²) in [4.78, 5) is 0. The maximum absolute atomic E-state index is 10.5. The van der Waals surface area contributed by atoms with Gasteiger partial charge in [-0.2, -0.15) is 0 Å². The smallest absolute Gasteiger partial charge is 0.0649 e. The zero-order chi connectivity index (χ0) is 12.4. The Balaban J connectivity index is 2.17. The van der Waals surface area contributed by atoms with Crippen LogP contribution in [0.3, 0.4) is 0 Å². The topological polar surface area (TPSA) is 46.2 Å². The normalized spacial score (nSPS) is 20.9. The maximum Gasteiger partial charge on any atom is 0.0649 e. The first-order valence-corrected chi connectivity index (χ1v) is 6.58. The van der Waals surface area contributed by atoms with Gasteiger partial charge in [0.25, 0.3) is 0 Å². The van der Waals surface area contributed by atoms with Crippen molar-refractivity contribution in [1.82, 2.24) is 0 Å². The Morgan fingerprint density at radius 3 is 2.53 bits per heavy atom. The van der Waals surface area contributed by atoms with Crippen molar-refractivity contribution in [3.8, 4) is 0 Å². The van der Waals surface area contributed by atoms with Gasteiger partial charge >= 0.3 is 0 Å². The van der Waals surface area contributed by atoms with E-state index in [1.807, 2.05) is 12.1 Å². The van der Waals surface area contributed by atoms with Crippen molar-refractivity contribution in [2.75, 3.05) is 6.54 Å². The molecule has 0 amide bonds. The summed E-state index contributed by atoms with van der Waals surface area (Å²) in [6.45, 7) is 4.76. The van der Waals surface area contributed by atoms with Gasteiger partial charge in [-0.3, -0.25) is 0 Å². The number of hydrogen-bond acceptors (Lipinski definition) is 2. The van der Waals surface area contributed by atoms with E-state index in [4.69, 9.17) is 5.73 Å². The number of benzene rings is 1. The third kappa shape index (κ3) is 2.70. The first-order valence-electron chi connectivity index (χ1n) is 6.58. The fourth-order valence-electron chi connectivity index (χ4n) is 2.72. The van der Waals surface area contributed by atoms with E-state index in [2.05, 4.69) is 26.0 Å². The van der Waals surface area contributed by atoms with E-state index in [0.29, 0.717) is 18.4 Å². The second kappa shape index (κ2) is 5.19. The van der Waals surface area contributed by atoms with E-state index >= 15 is 0 Å². The first kappa shape index (κ1) is 12.6. The summed E-state index contributed by atoms with van der Waals surface area (Å²) < 4.78 is 0. The van der Waals surface area contributed by atoms with Crippen LogP contribution in [0.2, 0.25) is 0 Å². The van der Waals surface area contributed by atoms with Crippen molar-refractivity contribution in [1.29, 1.82) is 0 Å². The molecule has 1 fully saturated rings. The monoisotopic (exact) mass is 233 g/mol. The van der Waals surface area contributed by atoms with Gasteiger partial charge in [-0.05, 0) is 42.7 Å². The highest BCUT2D eigenvalue weighted by Gasteiger charge is 2.36. The van der Waals surface area contributed by atoms with Gasteiger partial charge in [0.15, 0.2) is 0 Å². The molecule has 3 atom stereocenters. The van der Waals surface area contributed by atoms with Crippen LogP contribution in [0.15, 0.2) is 24.3 Å². The summed E-state index contributed by atoms with van der Waals surface area (Å²) in [5, 5.41) is 10.5. The van der Waals surface area contributed by atoms with Crippen LogP contribution in [0.4, 0.5) is 0 Å². The minimum Gasteiger partial charge on any atom is -0.392 e. The zero-order valence-corrected chi connectivity index (χ0v) is 10.8. The predicted molar refractivity (Wildman–Crippen MR) is 70.9 cm³/mol. The standard InChI is InChI=1S/C15H23NO/c1-10-5-3-4-6-13(10)14(9-16)15(17)11(2)12-7-8-12/h3-6,11-12,14-15,17H,7-9,16H2,1-2H3. The lowest BCUT2D eigenvalue weighted by Gasteiger charge is -2.28. The van der Waals surface area contributed by atoms with E-state index in [0.717, 1.165) is 0 Å². The molecule has 1 aromatic rings. The van der Waals surface area contributed by atoms with Crippen LogP contribution in [0.25, 0.3) is 0 Å². The van der Waals surface area contributed by atoms with Gasteiger partial charge in [-0.25, -0.2) is 0 Å². The molecule has 3 N–H and O–H groups in total. The lowest BCUT2D eigenvalue weighted by Crippen LogP contribution is -2.32. The third-order valence-corrected chi connectivity index (χ3v) is 4.16. The molecule has 2 rings (SSSR count). The van der Waals surface area contributed by atoms with Crippen LogP contribution in [-0.4, -0.2) is 17.8 Å². The van der Waals surface area contributed by atoms with Gasteiger partial charge in [-0.15, -0.1) is 0 Å². The molecule has 2 heteroatoms. The molecule has 0 aliphatic heterocycles. The van der Waals surface area contributed by atoms with Crippen LogP contribution in [0.5, 0.6) is 0 Å². The van der Waals surface area contributed by atoms with Gasteiger partial charge in [0.1, 0.15) is 0 Å². The molecule has 0 aromatic heterocycles. The van der Waals surface area contributed by atoms with Gasteiger partial charge in [0, 0.05) is 12.5 Å². The van der Waals surface area contributed by atoms with Gasteiger partial charge in [0.2, 0.25) is 0 Å². The molecule has 0 spiro atoms. The second-order valence-electron chi connectivity index (χ2n) is 5.39. The lowest BCUT2D eigenvalue weighted by atomic mass is 9.83. The fraction of sp³-hybridized carbons (Fsp3) is 0.600. The van der Waals surface area contributed by atoms with E-state index in [1.54, 1.807) is 0 Å². The molecule has 17 heavy (non-hydrogen) atoms. The van der Waals surface area contributed by atoms with Crippen molar-refractivity contribution in [3.05, 3.63) is 35.4 Å². The van der Waals surface area contributed by atoms with Crippen LogP contribution >= 0.6 is 0 Å². The zero-order valence-electron chi connectivity index (χ0n) is 10.8. The molecule has 1 aromatic carbocycles. The molecule has 0 saturated heterocycles. The maximum atomic E-state index is 10.5. The minimum absolute atomic E-state index is 0.0757. The molecule has 1 aliphatic rings. The summed E-state index contributed by atoms with van der Waals surface area (Å²) in [5.41, 5.74) is 8.30. The highest BCUT2D eigenvalue weighted by molar-refractivity contribution is 5.30. The van der Waals surface area contributed by atoms with Crippen molar-refractivity contribution in [2.24, 2.45) is 17.6 Å². The lowest BCUT2D eigenvalue weighted by molar-refractivity contribution is 0.0799. The van der Waals surface area contributed by atoms with Gasteiger partial charge in [-0.1, -0.05) is 31.2 Å². The number of hydrogen-bond donors (Lipinski definition) is 2. The quantitative estimate of drug-likeness (QED) is 0.820. The largest absolute Gasteiger partial charge is 0.392 e. The highest BCUT2D eigenvalue weighted by Crippen LogP contribution is 2.41. The molecule has 1 saturated carbocycles. The predicted octanol–water partition coefficient (Wildman–Crippen LogP) is 2.44. The molecule has 94 valence electrons. The van der Waals surface area contributed by atoms with Crippen molar-refractivity contribution in [2.45, 2.75) is 38.7 Å². The van der Waals surface area contributed by atoms with Crippen LogP contribution < -0.4 is 5.73 Å². The average Bonchev–Trinajstić information content (AvgIpc) is 3.15. The summed E-state index contributed by atoms with van der Waals surface area (Å²) in [6, 6.07) is 8.24. The van der Waals surface area contributed by atoms with E-state index in [9.17, 15) is 5.11 Å². The van der Waals surface area contributed by atoms with Crippen LogP contribution in [-0.2, 0) is 0 Å². The third-order valence-electron chi connectivity index (χ3n) is 4.16. The Labute approximate surface area is 104 Å². The SMILES string of the molecule is Cc1ccccc1C(CN)C(O)C(C)C1CC1. The number of aliphatic hydroxyl groups is 1.